The molecule has 1 aliphatic carbocycles. The zero-order valence-corrected chi connectivity index (χ0v) is 12.2. The molecule has 0 unspecified atom stereocenters. The van der Waals surface area contributed by atoms with E-state index in [0.717, 1.165) is 31.1 Å². The summed E-state index contributed by atoms with van der Waals surface area (Å²) in [6, 6.07) is 4.87. The highest BCUT2D eigenvalue weighted by molar-refractivity contribution is 7.80. The van der Waals surface area contributed by atoms with Gasteiger partial charge in [-0.1, -0.05) is 25.6 Å². The van der Waals surface area contributed by atoms with E-state index in [1.807, 2.05) is 6.07 Å². The molecule has 1 aromatic carbocycles. The third-order valence-electron chi connectivity index (χ3n) is 3.84. The second kappa shape index (κ2) is 6.44. The van der Waals surface area contributed by atoms with Gasteiger partial charge in [-0.25, -0.2) is 4.39 Å². The van der Waals surface area contributed by atoms with Crippen molar-refractivity contribution in [1.82, 2.24) is 4.90 Å². The number of nitrogens with zero attached hydrogens (tertiary/aromatic N) is 1. The van der Waals surface area contributed by atoms with E-state index in [4.69, 9.17) is 18.0 Å². The lowest BCUT2D eigenvalue weighted by atomic mass is 9.85. The molecule has 2 rings (SSSR count). The van der Waals surface area contributed by atoms with Crippen molar-refractivity contribution in [3.8, 4) is 0 Å². The van der Waals surface area contributed by atoms with Gasteiger partial charge in [-0.3, -0.25) is 4.90 Å². The van der Waals surface area contributed by atoms with Crippen LogP contribution in [0.3, 0.4) is 0 Å². The van der Waals surface area contributed by atoms with Gasteiger partial charge in [0.05, 0.1) is 0 Å². The van der Waals surface area contributed by atoms with Crippen LogP contribution in [0.15, 0.2) is 18.2 Å². The second-order valence-corrected chi connectivity index (χ2v) is 5.78. The molecule has 0 atom stereocenters. The summed E-state index contributed by atoms with van der Waals surface area (Å²) in [5.74, 6) is 0.559. The molecule has 1 aliphatic rings. The topological polar surface area (TPSA) is 29.3 Å². The Morgan fingerprint density at radius 2 is 2.16 bits per heavy atom. The largest absolute Gasteiger partial charge is 0.389 e. The minimum absolute atomic E-state index is 0.253. The fraction of sp³-hybridized carbons (Fsp3) is 0.533. The van der Waals surface area contributed by atoms with E-state index < -0.39 is 0 Å². The molecule has 1 aromatic rings. The van der Waals surface area contributed by atoms with Gasteiger partial charge < -0.3 is 5.73 Å². The average molecular weight is 280 g/mol. The van der Waals surface area contributed by atoms with E-state index in [0.29, 0.717) is 5.56 Å². The van der Waals surface area contributed by atoms with Crippen LogP contribution in [-0.2, 0) is 6.54 Å². The predicted molar refractivity (Wildman–Crippen MR) is 80.6 cm³/mol. The maximum atomic E-state index is 13.5. The van der Waals surface area contributed by atoms with Crippen molar-refractivity contribution >= 4 is 17.2 Å². The summed E-state index contributed by atoms with van der Waals surface area (Å²) in [5.41, 5.74) is 7.14. The quantitative estimate of drug-likeness (QED) is 0.812. The van der Waals surface area contributed by atoms with Crippen LogP contribution < -0.4 is 5.73 Å². The van der Waals surface area contributed by atoms with Gasteiger partial charge in [-0.05, 0) is 49.1 Å². The Balaban J connectivity index is 2.05. The first-order valence-electron chi connectivity index (χ1n) is 6.90. The highest BCUT2D eigenvalue weighted by atomic mass is 32.1. The molecule has 19 heavy (non-hydrogen) atoms. The molecular weight excluding hydrogens is 259 g/mol. The summed E-state index contributed by atoms with van der Waals surface area (Å²) in [4.78, 5) is 2.62. The third-order valence-corrected chi connectivity index (χ3v) is 4.07. The van der Waals surface area contributed by atoms with Crippen LogP contribution in [0.1, 0.15) is 37.3 Å². The van der Waals surface area contributed by atoms with E-state index in [1.165, 1.54) is 25.3 Å². The molecule has 0 saturated heterocycles. The lowest BCUT2D eigenvalue weighted by Crippen LogP contribution is -2.32. The van der Waals surface area contributed by atoms with Crippen molar-refractivity contribution in [2.45, 2.75) is 32.7 Å². The Morgan fingerprint density at radius 3 is 2.68 bits per heavy atom. The Morgan fingerprint density at radius 1 is 1.42 bits per heavy atom. The maximum absolute atomic E-state index is 13.5. The number of hydrogen-bond donors (Lipinski definition) is 1. The summed E-state index contributed by atoms with van der Waals surface area (Å²) >= 11 is 4.92. The molecule has 1 fully saturated rings. The molecule has 104 valence electrons. The van der Waals surface area contributed by atoms with Gasteiger partial charge in [-0.15, -0.1) is 0 Å². The van der Waals surface area contributed by atoms with E-state index in [9.17, 15) is 4.39 Å². The van der Waals surface area contributed by atoms with Crippen molar-refractivity contribution in [2.24, 2.45) is 11.7 Å². The molecule has 2 nitrogen and oxygen atoms in total. The van der Waals surface area contributed by atoms with Gasteiger partial charge >= 0.3 is 0 Å². The molecule has 0 heterocycles. The van der Waals surface area contributed by atoms with Gasteiger partial charge in [0, 0.05) is 18.7 Å². The van der Waals surface area contributed by atoms with Gasteiger partial charge in [0.15, 0.2) is 0 Å². The van der Waals surface area contributed by atoms with E-state index >= 15 is 0 Å². The van der Waals surface area contributed by atoms with E-state index in [1.54, 1.807) is 6.07 Å². The fourth-order valence-corrected chi connectivity index (χ4v) is 2.61. The zero-order chi connectivity index (χ0) is 13.8. The smallest absolute Gasteiger partial charge is 0.124 e. The van der Waals surface area contributed by atoms with Crippen LogP contribution in [0.4, 0.5) is 4.39 Å². The molecule has 2 N–H and O–H groups in total. The standard InChI is InChI=1S/C15H21FN2S/c1-2-18(9-11-4-3-5-11)10-12-6-13(15(17)19)8-14(16)7-12/h6-8,11H,2-5,9-10H2,1H3,(H2,17,19). The van der Waals surface area contributed by atoms with Crippen molar-refractivity contribution in [1.29, 1.82) is 0 Å². The normalized spacial score (nSPS) is 15.5. The SMILES string of the molecule is CCN(Cc1cc(F)cc(C(N)=S)c1)CC1CCC1. The lowest BCUT2D eigenvalue weighted by molar-refractivity contribution is 0.178. The van der Waals surface area contributed by atoms with Crippen LogP contribution in [0.2, 0.25) is 0 Å². The Kier molecular flexibility index (Phi) is 4.88. The molecule has 4 heteroatoms. The van der Waals surface area contributed by atoms with E-state index in [-0.39, 0.29) is 10.8 Å². The van der Waals surface area contributed by atoms with Crippen molar-refractivity contribution < 1.29 is 4.39 Å². The van der Waals surface area contributed by atoms with E-state index in [2.05, 4.69) is 11.8 Å². The predicted octanol–water partition coefficient (Wildman–Crippen LogP) is 3.08. The Labute approximate surface area is 119 Å². The monoisotopic (exact) mass is 280 g/mol. The number of nitrogens with two attached hydrogens (primary N) is 1. The fourth-order valence-electron chi connectivity index (χ4n) is 2.49. The number of hydrogen-bond acceptors (Lipinski definition) is 2. The summed E-state index contributed by atoms with van der Waals surface area (Å²) < 4.78 is 13.5. The molecule has 0 radical (unpaired) electrons. The van der Waals surface area contributed by atoms with Gasteiger partial charge in [0.25, 0.3) is 0 Å². The second-order valence-electron chi connectivity index (χ2n) is 5.34. The summed E-state index contributed by atoms with van der Waals surface area (Å²) in [7, 11) is 0. The summed E-state index contributed by atoms with van der Waals surface area (Å²) in [6.07, 6.45) is 4.02. The minimum Gasteiger partial charge on any atom is -0.389 e. The summed E-state index contributed by atoms with van der Waals surface area (Å²) in [6.45, 7) is 5.00. The van der Waals surface area contributed by atoms with Crippen molar-refractivity contribution in [2.75, 3.05) is 13.1 Å². The molecular formula is C15H21FN2S. The van der Waals surface area contributed by atoms with Crippen molar-refractivity contribution in [3.05, 3.63) is 35.1 Å². The average Bonchev–Trinajstić information content (AvgIpc) is 2.31. The first kappa shape index (κ1) is 14.4. The lowest BCUT2D eigenvalue weighted by Gasteiger charge is -2.31. The molecule has 0 spiro atoms. The van der Waals surface area contributed by atoms with Crippen LogP contribution in [-0.4, -0.2) is 23.0 Å². The molecule has 0 amide bonds. The van der Waals surface area contributed by atoms with Crippen LogP contribution in [0, 0.1) is 11.7 Å². The first-order valence-corrected chi connectivity index (χ1v) is 7.31. The van der Waals surface area contributed by atoms with Crippen LogP contribution in [0.5, 0.6) is 0 Å². The first-order chi connectivity index (χ1) is 9.08. The molecule has 0 bridgehead atoms. The molecule has 0 aliphatic heterocycles. The third kappa shape index (κ3) is 3.98. The number of benzene rings is 1. The molecule has 0 aromatic heterocycles. The van der Waals surface area contributed by atoms with Gasteiger partial charge in [0.2, 0.25) is 0 Å². The van der Waals surface area contributed by atoms with Gasteiger partial charge in [0.1, 0.15) is 10.8 Å². The Bertz CT molecular complexity index is 457. The van der Waals surface area contributed by atoms with Crippen LogP contribution in [0.25, 0.3) is 0 Å². The molecule has 1 saturated carbocycles. The number of rotatable bonds is 6. The van der Waals surface area contributed by atoms with Gasteiger partial charge in [-0.2, -0.15) is 0 Å². The zero-order valence-electron chi connectivity index (χ0n) is 11.4. The maximum Gasteiger partial charge on any atom is 0.124 e. The number of thiocarbonyl (C=S) groups is 1. The highest BCUT2D eigenvalue weighted by Gasteiger charge is 2.20. The Hall–Kier alpha value is -1.00. The summed E-state index contributed by atoms with van der Waals surface area (Å²) in [5, 5.41) is 0. The van der Waals surface area contributed by atoms with Crippen molar-refractivity contribution in [3.63, 3.8) is 0 Å². The minimum atomic E-state index is -0.264. The van der Waals surface area contributed by atoms with Crippen LogP contribution >= 0.6 is 12.2 Å². The highest BCUT2D eigenvalue weighted by Crippen LogP contribution is 2.27. The number of halogens is 1.